The van der Waals surface area contributed by atoms with E-state index in [4.69, 9.17) is 0 Å². The van der Waals surface area contributed by atoms with E-state index in [0.717, 1.165) is 4.52 Å². The minimum absolute atomic E-state index is 0.0638. The molecule has 0 aliphatic heterocycles. The molecule has 0 aliphatic rings. The molecule has 0 radical (unpaired) electrons. The van der Waals surface area contributed by atoms with Crippen LogP contribution in [0.5, 0.6) is 0 Å². The number of hydrogen-bond acceptors (Lipinski definition) is 2. The molecule has 2 aromatic rings. The van der Waals surface area contributed by atoms with Gasteiger partial charge >= 0.3 is 0 Å². The number of fused-ring (bicyclic) bond motifs is 1. The van der Waals surface area contributed by atoms with Crippen LogP contribution in [0, 0.1) is 5.95 Å². The van der Waals surface area contributed by atoms with E-state index in [1.807, 2.05) is 13.8 Å². The number of nitrogens with zero attached hydrogens (tertiary/aromatic N) is 2. The first-order valence-electron chi connectivity index (χ1n) is 4.37. The fourth-order valence-electron chi connectivity index (χ4n) is 1.25. The Bertz CT molecular complexity index is 526. The van der Waals surface area contributed by atoms with Crippen molar-refractivity contribution in [3.05, 3.63) is 34.3 Å². The average molecular weight is 195 g/mol. The Morgan fingerprint density at radius 3 is 2.86 bits per heavy atom. The lowest BCUT2D eigenvalue weighted by Crippen LogP contribution is -2.17. The van der Waals surface area contributed by atoms with E-state index in [0.29, 0.717) is 5.82 Å². The summed E-state index contributed by atoms with van der Waals surface area (Å²) in [6.07, 6.45) is 0. The van der Waals surface area contributed by atoms with Gasteiger partial charge in [0, 0.05) is 5.92 Å². The van der Waals surface area contributed by atoms with Gasteiger partial charge in [0.1, 0.15) is 11.3 Å². The third kappa shape index (κ3) is 1.21. The molecule has 5 heteroatoms. The normalized spacial score (nSPS) is 11.4. The maximum atomic E-state index is 13.1. The summed E-state index contributed by atoms with van der Waals surface area (Å²) in [6, 6.07) is 2.63. The van der Waals surface area contributed by atoms with Crippen LogP contribution in [-0.4, -0.2) is 14.6 Å². The van der Waals surface area contributed by atoms with E-state index < -0.39 is 5.95 Å². The van der Waals surface area contributed by atoms with Crippen molar-refractivity contribution in [1.29, 1.82) is 0 Å². The smallest absolute Gasteiger partial charge is 0.275 e. The predicted octanol–water partition coefficient (Wildman–Crippen LogP) is 1.29. The fourth-order valence-corrected chi connectivity index (χ4v) is 1.25. The number of aromatic nitrogens is 3. The van der Waals surface area contributed by atoms with Crippen LogP contribution in [-0.2, 0) is 0 Å². The highest BCUT2D eigenvalue weighted by molar-refractivity contribution is 5.43. The molecule has 14 heavy (non-hydrogen) atoms. The highest BCUT2D eigenvalue weighted by Gasteiger charge is 2.09. The van der Waals surface area contributed by atoms with Gasteiger partial charge in [-0.3, -0.25) is 4.79 Å². The zero-order valence-corrected chi connectivity index (χ0v) is 7.91. The standard InChI is InChI=1S/C9H10FN3O/c1-5(2)8-11-9(14)6-3-4-7(10)13(6)12-8/h3-5H,1-2H3,(H,11,12,14). The van der Waals surface area contributed by atoms with E-state index >= 15 is 0 Å². The molecule has 4 nitrogen and oxygen atoms in total. The van der Waals surface area contributed by atoms with E-state index in [2.05, 4.69) is 10.1 Å². The Balaban J connectivity index is 2.82. The second-order valence-electron chi connectivity index (χ2n) is 3.45. The molecule has 0 saturated heterocycles. The van der Waals surface area contributed by atoms with E-state index in [9.17, 15) is 9.18 Å². The third-order valence-electron chi connectivity index (χ3n) is 2.04. The SMILES string of the molecule is CC(C)c1nn2c(F)ccc2c(=O)[nH]1. The molecule has 0 atom stereocenters. The zero-order chi connectivity index (χ0) is 10.3. The topological polar surface area (TPSA) is 50.2 Å². The van der Waals surface area contributed by atoms with Gasteiger partial charge in [0.2, 0.25) is 5.95 Å². The number of aromatic amines is 1. The lowest BCUT2D eigenvalue weighted by molar-refractivity contribution is 0.536. The van der Waals surface area contributed by atoms with Crippen LogP contribution in [0.2, 0.25) is 0 Å². The Kier molecular flexibility index (Phi) is 1.87. The second-order valence-corrected chi connectivity index (χ2v) is 3.45. The van der Waals surface area contributed by atoms with Crippen LogP contribution in [0.4, 0.5) is 4.39 Å². The summed E-state index contributed by atoms with van der Waals surface area (Å²) in [7, 11) is 0. The molecule has 0 amide bonds. The Labute approximate surface area is 79.4 Å². The molecule has 0 saturated carbocycles. The predicted molar refractivity (Wildman–Crippen MR) is 49.9 cm³/mol. The second kappa shape index (κ2) is 2.94. The molecule has 74 valence electrons. The number of hydrogen-bond donors (Lipinski definition) is 1. The molecular formula is C9H10FN3O. The molecule has 0 unspecified atom stereocenters. The molecule has 2 rings (SSSR count). The summed E-state index contributed by atoms with van der Waals surface area (Å²) in [4.78, 5) is 14.0. The first-order chi connectivity index (χ1) is 6.59. The maximum absolute atomic E-state index is 13.1. The molecule has 1 N–H and O–H groups in total. The molecule has 0 bridgehead atoms. The van der Waals surface area contributed by atoms with Crippen molar-refractivity contribution in [1.82, 2.24) is 14.6 Å². The van der Waals surface area contributed by atoms with Crippen LogP contribution in [0.3, 0.4) is 0 Å². The molecule has 2 heterocycles. The van der Waals surface area contributed by atoms with Crippen molar-refractivity contribution < 1.29 is 4.39 Å². The lowest BCUT2D eigenvalue weighted by atomic mass is 10.2. The first kappa shape index (κ1) is 8.93. The third-order valence-corrected chi connectivity index (χ3v) is 2.04. The summed E-state index contributed by atoms with van der Waals surface area (Å²) in [5.74, 6) is 0.0273. The number of H-pyrrole nitrogens is 1. The monoisotopic (exact) mass is 195 g/mol. The van der Waals surface area contributed by atoms with Gasteiger partial charge in [-0.15, -0.1) is 0 Å². The molecule has 2 aromatic heterocycles. The molecule has 0 spiro atoms. The van der Waals surface area contributed by atoms with E-state index in [1.54, 1.807) is 0 Å². The van der Waals surface area contributed by atoms with Crippen molar-refractivity contribution in [2.75, 3.05) is 0 Å². The minimum Gasteiger partial charge on any atom is -0.307 e. The van der Waals surface area contributed by atoms with Crippen LogP contribution in [0.25, 0.3) is 5.52 Å². The Hall–Kier alpha value is -1.65. The largest absolute Gasteiger partial charge is 0.307 e. The summed E-state index contributed by atoms with van der Waals surface area (Å²) >= 11 is 0. The van der Waals surface area contributed by atoms with Crippen LogP contribution in [0.15, 0.2) is 16.9 Å². The van der Waals surface area contributed by atoms with Gasteiger partial charge in [-0.1, -0.05) is 13.8 Å². The number of rotatable bonds is 1. The summed E-state index contributed by atoms with van der Waals surface area (Å²) in [6.45, 7) is 3.76. The Morgan fingerprint density at radius 1 is 1.50 bits per heavy atom. The quantitative estimate of drug-likeness (QED) is 0.745. The number of halogens is 1. The first-order valence-corrected chi connectivity index (χ1v) is 4.37. The van der Waals surface area contributed by atoms with E-state index in [1.165, 1.54) is 12.1 Å². The Morgan fingerprint density at radius 2 is 2.21 bits per heavy atom. The van der Waals surface area contributed by atoms with Crippen molar-refractivity contribution in [3.63, 3.8) is 0 Å². The molecule has 0 aromatic carbocycles. The highest BCUT2D eigenvalue weighted by atomic mass is 19.1. The lowest BCUT2D eigenvalue weighted by Gasteiger charge is -2.03. The van der Waals surface area contributed by atoms with Crippen molar-refractivity contribution in [3.8, 4) is 0 Å². The van der Waals surface area contributed by atoms with Gasteiger partial charge in [-0.05, 0) is 12.1 Å². The van der Waals surface area contributed by atoms with Gasteiger partial charge in [0.15, 0.2) is 0 Å². The molecular weight excluding hydrogens is 185 g/mol. The van der Waals surface area contributed by atoms with Crippen molar-refractivity contribution >= 4 is 5.52 Å². The fraction of sp³-hybridized carbons (Fsp3) is 0.333. The van der Waals surface area contributed by atoms with Gasteiger partial charge < -0.3 is 4.98 Å². The summed E-state index contributed by atoms with van der Waals surface area (Å²) in [5.41, 5.74) is -0.0838. The average Bonchev–Trinajstić information content (AvgIpc) is 2.48. The van der Waals surface area contributed by atoms with Gasteiger partial charge in [0.05, 0.1) is 0 Å². The molecule has 0 aliphatic carbocycles. The number of nitrogens with one attached hydrogen (secondary N) is 1. The van der Waals surface area contributed by atoms with Gasteiger partial charge in [-0.25, -0.2) is 0 Å². The summed E-state index contributed by atoms with van der Waals surface area (Å²) in [5, 5.41) is 3.98. The van der Waals surface area contributed by atoms with Gasteiger partial charge in [0.25, 0.3) is 5.56 Å². The van der Waals surface area contributed by atoms with Crippen molar-refractivity contribution in [2.45, 2.75) is 19.8 Å². The van der Waals surface area contributed by atoms with Crippen LogP contribution >= 0.6 is 0 Å². The minimum atomic E-state index is -0.520. The van der Waals surface area contributed by atoms with Crippen molar-refractivity contribution in [2.24, 2.45) is 0 Å². The van der Waals surface area contributed by atoms with Crippen LogP contribution in [0.1, 0.15) is 25.6 Å². The maximum Gasteiger partial charge on any atom is 0.275 e. The van der Waals surface area contributed by atoms with Crippen LogP contribution < -0.4 is 5.56 Å². The van der Waals surface area contributed by atoms with E-state index in [-0.39, 0.29) is 17.0 Å². The highest BCUT2D eigenvalue weighted by Crippen LogP contribution is 2.08. The summed E-state index contributed by atoms with van der Waals surface area (Å²) < 4.78 is 14.1. The zero-order valence-electron chi connectivity index (χ0n) is 7.91. The van der Waals surface area contributed by atoms with Gasteiger partial charge in [-0.2, -0.15) is 14.0 Å². The molecule has 0 fully saturated rings.